The first-order chi connectivity index (χ1) is 9.22. The second-order valence-corrected chi connectivity index (χ2v) is 5.49. The average molecular weight is 327 g/mol. The van der Waals surface area contributed by atoms with E-state index in [9.17, 15) is 4.39 Å². The third-order valence-electron chi connectivity index (χ3n) is 3.35. The Labute approximate surface area is 120 Å². The van der Waals surface area contributed by atoms with Crippen LogP contribution in [0.4, 0.5) is 4.39 Å². The zero-order valence-electron chi connectivity index (χ0n) is 10.6. The van der Waals surface area contributed by atoms with Crippen LogP contribution in [-0.2, 0) is 0 Å². The molecule has 1 heterocycles. The van der Waals surface area contributed by atoms with E-state index in [4.69, 9.17) is 10.00 Å². The number of ether oxygens (including phenoxy) is 1. The number of halogens is 2. The lowest BCUT2D eigenvalue weighted by molar-refractivity contribution is 0.246. The molecule has 1 atom stereocenters. The fourth-order valence-electron chi connectivity index (χ4n) is 2.24. The van der Waals surface area contributed by atoms with E-state index in [1.807, 2.05) is 6.07 Å². The summed E-state index contributed by atoms with van der Waals surface area (Å²) in [5, 5.41) is 12.1. The maximum atomic E-state index is 13.9. The first-order valence-corrected chi connectivity index (χ1v) is 7.23. The van der Waals surface area contributed by atoms with E-state index in [0.717, 1.165) is 19.5 Å². The van der Waals surface area contributed by atoms with Crippen molar-refractivity contribution in [2.45, 2.75) is 19.3 Å². The van der Waals surface area contributed by atoms with Gasteiger partial charge in [0.1, 0.15) is 6.07 Å². The summed E-state index contributed by atoms with van der Waals surface area (Å²) in [7, 11) is 0. The summed E-state index contributed by atoms with van der Waals surface area (Å²) in [6.07, 6.45) is 3.32. The van der Waals surface area contributed by atoms with Crippen LogP contribution in [0.3, 0.4) is 0 Å². The van der Waals surface area contributed by atoms with E-state index in [1.165, 1.54) is 18.9 Å². The molecule has 1 saturated heterocycles. The molecule has 1 unspecified atom stereocenters. The van der Waals surface area contributed by atoms with Gasteiger partial charge in [-0.1, -0.05) is 0 Å². The largest absolute Gasteiger partial charge is 0.490 e. The van der Waals surface area contributed by atoms with Gasteiger partial charge in [-0.3, -0.25) is 0 Å². The highest BCUT2D eigenvalue weighted by molar-refractivity contribution is 9.10. The first-order valence-electron chi connectivity index (χ1n) is 6.44. The molecule has 0 aromatic heterocycles. The van der Waals surface area contributed by atoms with Gasteiger partial charge in [0.2, 0.25) is 0 Å². The van der Waals surface area contributed by atoms with Gasteiger partial charge in [0.05, 0.1) is 16.6 Å². The highest BCUT2D eigenvalue weighted by Gasteiger charge is 2.15. The molecule has 102 valence electrons. The highest BCUT2D eigenvalue weighted by atomic mass is 79.9. The van der Waals surface area contributed by atoms with Crippen molar-refractivity contribution in [3.8, 4) is 11.8 Å². The molecule has 1 aliphatic rings. The molecule has 0 radical (unpaired) electrons. The molecule has 3 nitrogen and oxygen atoms in total. The van der Waals surface area contributed by atoms with Crippen molar-refractivity contribution in [2.24, 2.45) is 5.92 Å². The predicted octanol–water partition coefficient (Wildman–Crippen LogP) is 3.23. The number of hydrogen-bond donors (Lipinski definition) is 1. The topological polar surface area (TPSA) is 45.0 Å². The number of piperidine rings is 1. The minimum atomic E-state index is -0.499. The monoisotopic (exact) mass is 326 g/mol. The van der Waals surface area contributed by atoms with Crippen molar-refractivity contribution in [3.63, 3.8) is 0 Å². The van der Waals surface area contributed by atoms with Gasteiger partial charge in [-0.05, 0) is 66.3 Å². The van der Waals surface area contributed by atoms with Gasteiger partial charge in [0, 0.05) is 0 Å². The Morgan fingerprint density at radius 3 is 3.05 bits per heavy atom. The molecule has 5 heteroatoms. The quantitative estimate of drug-likeness (QED) is 0.923. The van der Waals surface area contributed by atoms with Gasteiger partial charge in [-0.15, -0.1) is 0 Å². The third kappa shape index (κ3) is 3.68. The van der Waals surface area contributed by atoms with E-state index >= 15 is 0 Å². The van der Waals surface area contributed by atoms with Crippen LogP contribution in [0.1, 0.15) is 24.8 Å². The summed E-state index contributed by atoms with van der Waals surface area (Å²) < 4.78 is 19.5. The van der Waals surface area contributed by atoms with Crippen molar-refractivity contribution in [1.82, 2.24) is 5.32 Å². The van der Waals surface area contributed by atoms with E-state index in [-0.39, 0.29) is 15.8 Å². The van der Waals surface area contributed by atoms with Gasteiger partial charge in [0.25, 0.3) is 0 Å². The first kappa shape index (κ1) is 14.3. The summed E-state index contributed by atoms with van der Waals surface area (Å²) in [6.45, 7) is 2.61. The summed E-state index contributed by atoms with van der Waals surface area (Å²) in [4.78, 5) is 0. The van der Waals surface area contributed by atoms with Crippen molar-refractivity contribution >= 4 is 15.9 Å². The maximum Gasteiger partial charge on any atom is 0.180 e. The normalized spacial score (nSPS) is 18.9. The van der Waals surface area contributed by atoms with Crippen LogP contribution in [0.5, 0.6) is 5.75 Å². The molecule has 1 aliphatic heterocycles. The van der Waals surface area contributed by atoms with E-state index in [0.29, 0.717) is 12.5 Å². The standard InChI is InChI=1S/C14H16BrFN2O/c15-13-11(8-17)3-4-12(14(13)16)19-7-5-10-2-1-6-18-9-10/h3-4,10,18H,1-2,5-7,9H2. The van der Waals surface area contributed by atoms with Crippen LogP contribution in [0.2, 0.25) is 0 Å². The minimum Gasteiger partial charge on any atom is -0.490 e. The lowest BCUT2D eigenvalue weighted by Gasteiger charge is -2.22. The zero-order valence-corrected chi connectivity index (χ0v) is 12.2. The molecule has 1 aromatic carbocycles. The Balaban J connectivity index is 1.89. The molecule has 1 fully saturated rings. The molecule has 2 rings (SSSR count). The Morgan fingerprint density at radius 1 is 1.53 bits per heavy atom. The van der Waals surface area contributed by atoms with Gasteiger partial charge in [-0.25, -0.2) is 4.39 Å². The number of hydrogen-bond acceptors (Lipinski definition) is 3. The lowest BCUT2D eigenvalue weighted by Crippen LogP contribution is -2.30. The van der Waals surface area contributed by atoms with Gasteiger partial charge < -0.3 is 10.1 Å². The average Bonchev–Trinajstić information content (AvgIpc) is 2.45. The van der Waals surface area contributed by atoms with Crippen molar-refractivity contribution in [1.29, 1.82) is 5.26 Å². The number of rotatable bonds is 4. The van der Waals surface area contributed by atoms with Gasteiger partial charge in [0.15, 0.2) is 11.6 Å². The van der Waals surface area contributed by atoms with E-state index in [2.05, 4.69) is 21.2 Å². The van der Waals surface area contributed by atoms with Crippen molar-refractivity contribution in [2.75, 3.05) is 19.7 Å². The van der Waals surface area contributed by atoms with Crippen molar-refractivity contribution in [3.05, 3.63) is 28.0 Å². The second-order valence-electron chi connectivity index (χ2n) is 4.70. The Hall–Kier alpha value is -1.12. The summed E-state index contributed by atoms with van der Waals surface area (Å²) in [5.41, 5.74) is 0.279. The lowest BCUT2D eigenvalue weighted by atomic mass is 9.97. The van der Waals surface area contributed by atoms with Crippen LogP contribution >= 0.6 is 15.9 Å². The number of nitrogens with zero attached hydrogens (tertiary/aromatic N) is 1. The second kappa shape index (κ2) is 6.88. The zero-order chi connectivity index (χ0) is 13.7. The molecule has 0 saturated carbocycles. The highest BCUT2D eigenvalue weighted by Crippen LogP contribution is 2.28. The SMILES string of the molecule is N#Cc1ccc(OCCC2CCCNC2)c(F)c1Br. The molecule has 1 N–H and O–H groups in total. The van der Waals surface area contributed by atoms with E-state index < -0.39 is 5.82 Å². The fraction of sp³-hybridized carbons (Fsp3) is 0.500. The summed E-state index contributed by atoms with van der Waals surface area (Å²) >= 11 is 3.07. The molecule has 0 aliphatic carbocycles. The number of nitriles is 1. The van der Waals surface area contributed by atoms with E-state index in [1.54, 1.807) is 6.07 Å². The molecule has 19 heavy (non-hydrogen) atoms. The molecule has 0 bridgehead atoms. The smallest absolute Gasteiger partial charge is 0.180 e. The number of nitrogens with one attached hydrogen (secondary N) is 1. The van der Waals surface area contributed by atoms with Gasteiger partial charge in [-0.2, -0.15) is 5.26 Å². The molecule has 0 amide bonds. The third-order valence-corrected chi connectivity index (χ3v) is 4.13. The molecule has 1 aromatic rings. The number of benzene rings is 1. The fourth-order valence-corrected chi connectivity index (χ4v) is 2.65. The Kier molecular flexibility index (Phi) is 5.17. The predicted molar refractivity (Wildman–Crippen MR) is 74.5 cm³/mol. The van der Waals surface area contributed by atoms with Crippen molar-refractivity contribution < 1.29 is 9.13 Å². The summed E-state index contributed by atoms with van der Waals surface area (Å²) in [5.74, 6) is 0.314. The Morgan fingerprint density at radius 2 is 2.37 bits per heavy atom. The van der Waals surface area contributed by atoms with Crippen LogP contribution in [-0.4, -0.2) is 19.7 Å². The minimum absolute atomic E-state index is 0.173. The van der Waals surface area contributed by atoms with Crippen LogP contribution in [0.15, 0.2) is 16.6 Å². The van der Waals surface area contributed by atoms with Crippen LogP contribution in [0.25, 0.3) is 0 Å². The van der Waals surface area contributed by atoms with Gasteiger partial charge >= 0.3 is 0 Å². The van der Waals surface area contributed by atoms with Crippen LogP contribution in [0, 0.1) is 23.1 Å². The van der Waals surface area contributed by atoms with Crippen LogP contribution < -0.4 is 10.1 Å². The molecular formula is C14H16BrFN2O. The summed E-state index contributed by atoms with van der Waals surface area (Å²) in [6, 6.07) is 4.99. The maximum absolute atomic E-state index is 13.9. The molecular weight excluding hydrogens is 311 g/mol. The molecule has 0 spiro atoms. The Bertz CT molecular complexity index is 481.